The molecule has 1 saturated heterocycles. The van der Waals surface area contributed by atoms with Crippen LogP contribution >= 0.6 is 0 Å². The third-order valence-electron chi connectivity index (χ3n) is 3.09. The summed E-state index contributed by atoms with van der Waals surface area (Å²) in [6, 6.07) is 0.294. The second-order valence-corrected chi connectivity index (χ2v) is 5.31. The van der Waals surface area contributed by atoms with Crippen molar-refractivity contribution in [1.29, 1.82) is 0 Å². The number of carbonyl (C=O) groups excluding carboxylic acids is 1. The minimum atomic E-state index is -0.426. The van der Waals surface area contributed by atoms with Gasteiger partial charge in [-0.1, -0.05) is 0 Å². The van der Waals surface area contributed by atoms with E-state index < -0.39 is 6.10 Å². The van der Waals surface area contributed by atoms with E-state index in [0.717, 1.165) is 25.9 Å². The number of ether oxygens (including phenoxy) is 1. The highest BCUT2D eigenvalue weighted by molar-refractivity contribution is 5.73. The summed E-state index contributed by atoms with van der Waals surface area (Å²) in [4.78, 5) is 13.2. The van der Waals surface area contributed by atoms with Gasteiger partial charge in [0.25, 0.3) is 0 Å². The molecule has 0 aromatic heterocycles. The molecule has 1 atom stereocenters. The van der Waals surface area contributed by atoms with Gasteiger partial charge in [-0.3, -0.25) is 4.79 Å². The molecule has 0 spiro atoms. The zero-order chi connectivity index (χ0) is 13.5. The fraction of sp³-hybridized carbons (Fsp3) is 0.923. The maximum absolute atomic E-state index is 10.9. The predicted molar refractivity (Wildman–Crippen MR) is 70.4 cm³/mol. The molecule has 2 N–H and O–H groups in total. The van der Waals surface area contributed by atoms with Crippen molar-refractivity contribution in [3.63, 3.8) is 0 Å². The Bertz CT molecular complexity index is 251. The van der Waals surface area contributed by atoms with Gasteiger partial charge in [0.2, 0.25) is 5.91 Å². The van der Waals surface area contributed by atoms with Gasteiger partial charge < -0.3 is 20.1 Å². The van der Waals surface area contributed by atoms with Gasteiger partial charge in [-0.2, -0.15) is 0 Å². The monoisotopic (exact) mass is 258 g/mol. The number of rotatable bonds is 6. The molecule has 1 heterocycles. The second-order valence-electron chi connectivity index (χ2n) is 5.31. The number of carbonyl (C=O) groups is 1. The summed E-state index contributed by atoms with van der Waals surface area (Å²) in [6.07, 6.45) is 1.64. The van der Waals surface area contributed by atoms with Crippen LogP contribution in [0.4, 0.5) is 0 Å². The molecule has 106 valence electrons. The topological polar surface area (TPSA) is 61.8 Å². The van der Waals surface area contributed by atoms with E-state index in [1.54, 1.807) is 6.92 Å². The average Bonchev–Trinajstić information content (AvgIpc) is 2.28. The number of amides is 1. The molecule has 5 heteroatoms. The molecule has 1 fully saturated rings. The minimum absolute atomic E-state index is 0.0406. The lowest BCUT2D eigenvalue weighted by molar-refractivity contribution is -0.120. The van der Waals surface area contributed by atoms with Gasteiger partial charge in [-0.15, -0.1) is 0 Å². The minimum Gasteiger partial charge on any atom is -0.389 e. The normalized spacial score (nSPS) is 20.1. The Morgan fingerprint density at radius 1 is 1.44 bits per heavy atom. The molecule has 1 rings (SSSR count). The standard InChI is InChI=1S/C13H26N2O3/c1-10(2)18-9-13(17)8-15-6-4-12(5-7-15)14-11(3)16/h10,12-13,17H,4-9H2,1-3H3,(H,14,16). The molecule has 0 aromatic rings. The van der Waals surface area contributed by atoms with E-state index >= 15 is 0 Å². The highest BCUT2D eigenvalue weighted by Gasteiger charge is 2.21. The fourth-order valence-corrected chi connectivity index (χ4v) is 2.20. The lowest BCUT2D eigenvalue weighted by Crippen LogP contribution is -2.46. The third kappa shape index (κ3) is 6.33. The number of hydrogen-bond donors (Lipinski definition) is 2. The van der Waals surface area contributed by atoms with Gasteiger partial charge in [0.05, 0.1) is 18.8 Å². The molecule has 1 aliphatic rings. The van der Waals surface area contributed by atoms with Gasteiger partial charge in [0, 0.05) is 32.6 Å². The van der Waals surface area contributed by atoms with Crippen molar-refractivity contribution in [3.05, 3.63) is 0 Å². The summed E-state index contributed by atoms with van der Waals surface area (Å²) in [5, 5.41) is 12.8. The molecule has 0 aromatic carbocycles. The number of β-amino-alcohol motifs (C(OH)–C–C–N with tert-alkyl or cyclic N) is 1. The van der Waals surface area contributed by atoms with Crippen molar-refractivity contribution < 1.29 is 14.6 Å². The maximum atomic E-state index is 10.9. The number of piperidine rings is 1. The first-order valence-electron chi connectivity index (χ1n) is 6.76. The van der Waals surface area contributed by atoms with Crippen LogP contribution in [0.15, 0.2) is 0 Å². The molecular weight excluding hydrogens is 232 g/mol. The Morgan fingerprint density at radius 3 is 2.56 bits per heavy atom. The summed E-state index contributed by atoms with van der Waals surface area (Å²) >= 11 is 0. The maximum Gasteiger partial charge on any atom is 0.217 e. The van der Waals surface area contributed by atoms with E-state index in [4.69, 9.17) is 4.74 Å². The molecule has 0 radical (unpaired) electrons. The van der Waals surface area contributed by atoms with Crippen molar-refractivity contribution in [2.24, 2.45) is 0 Å². The van der Waals surface area contributed by atoms with Crippen LogP contribution in [0.3, 0.4) is 0 Å². The number of nitrogens with zero attached hydrogens (tertiary/aromatic N) is 1. The van der Waals surface area contributed by atoms with Gasteiger partial charge >= 0.3 is 0 Å². The number of aliphatic hydroxyl groups is 1. The molecule has 0 aliphatic carbocycles. The molecular formula is C13H26N2O3. The summed E-state index contributed by atoms with van der Waals surface area (Å²) < 4.78 is 5.39. The number of likely N-dealkylation sites (tertiary alicyclic amines) is 1. The smallest absolute Gasteiger partial charge is 0.217 e. The second kappa shape index (κ2) is 7.71. The van der Waals surface area contributed by atoms with Crippen molar-refractivity contribution in [2.75, 3.05) is 26.2 Å². The lowest BCUT2D eigenvalue weighted by Gasteiger charge is -2.33. The van der Waals surface area contributed by atoms with E-state index in [9.17, 15) is 9.90 Å². The summed E-state index contributed by atoms with van der Waals surface area (Å²) in [7, 11) is 0. The Morgan fingerprint density at radius 2 is 2.06 bits per heavy atom. The molecule has 5 nitrogen and oxygen atoms in total. The first-order chi connectivity index (χ1) is 8.47. The highest BCUT2D eigenvalue weighted by Crippen LogP contribution is 2.10. The first-order valence-corrected chi connectivity index (χ1v) is 6.76. The zero-order valence-electron chi connectivity index (χ0n) is 11.7. The fourth-order valence-electron chi connectivity index (χ4n) is 2.20. The van der Waals surface area contributed by atoms with Crippen LogP contribution in [0.25, 0.3) is 0 Å². The zero-order valence-corrected chi connectivity index (χ0v) is 11.7. The van der Waals surface area contributed by atoms with E-state index in [0.29, 0.717) is 19.2 Å². The number of hydrogen-bond acceptors (Lipinski definition) is 4. The van der Waals surface area contributed by atoms with E-state index in [1.807, 2.05) is 13.8 Å². The third-order valence-corrected chi connectivity index (χ3v) is 3.09. The Labute approximate surface area is 109 Å². The van der Waals surface area contributed by atoms with Crippen molar-refractivity contribution in [2.45, 2.75) is 51.9 Å². The Kier molecular flexibility index (Phi) is 6.60. The lowest BCUT2D eigenvalue weighted by atomic mass is 10.0. The number of nitrogens with one attached hydrogen (secondary N) is 1. The largest absolute Gasteiger partial charge is 0.389 e. The van der Waals surface area contributed by atoms with Crippen molar-refractivity contribution >= 4 is 5.91 Å². The van der Waals surface area contributed by atoms with Crippen LogP contribution in [0.1, 0.15) is 33.6 Å². The Hall–Kier alpha value is -0.650. The molecule has 0 bridgehead atoms. The highest BCUT2D eigenvalue weighted by atomic mass is 16.5. The summed E-state index contributed by atoms with van der Waals surface area (Å²) in [5.74, 6) is 0.0406. The van der Waals surface area contributed by atoms with E-state index in [-0.39, 0.29) is 12.0 Å². The van der Waals surface area contributed by atoms with Gasteiger partial charge in [-0.05, 0) is 26.7 Å². The average molecular weight is 258 g/mol. The van der Waals surface area contributed by atoms with Gasteiger partial charge in [0.1, 0.15) is 0 Å². The Balaban J connectivity index is 2.16. The molecule has 1 amide bonds. The van der Waals surface area contributed by atoms with Crippen LogP contribution < -0.4 is 5.32 Å². The van der Waals surface area contributed by atoms with Crippen molar-refractivity contribution in [3.8, 4) is 0 Å². The quantitative estimate of drug-likeness (QED) is 0.723. The van der Waals surface area contributed by atoms with E-state index in [2.05, 4.69) is 10.2 Å². The first kappa shape index (κ1) is 15.4. The summed E-state index contributed by atoms with van der Waals surface area (Å²) in [6.45, 7) is 8.37. The molecule has 18 heavy (non-hydrogen) atoms. The molecule has 1 unspecified atom stereocenters. The molecule has 1 aliphatic heterocycles. The predicted octanol–water partition coefficient (Wildman–Crippen LogP) is 0.373. The van der Waals surface area contributed by atoms with Gasteiger partial charge in [-0.25, -0.2) is 0 Å². The number of aliphatic hydroxyl groups excluding tert-OH is 1. The van der Waals surface area contributed by atoms with E-state index in [1.165, 1.54) is 0 Å². The van der Waals surface area contributed by atoms with Crippen molar-refractivity contribution in [1.82, 2.24) is 10.2 Å². The van der Waals surface area contributed by atoms with Crippen LogP contribution in [0.5, 0.6) is 0 Å². The van der Waals surface area contributed by atoms with Crippen LogP contribution in [-0.2, 0) is 9.53 Å². The summed E-state index contributed by atoms with van der Waals surface area (Å²) in [5.41, 5.74) is 0. The van der Waals surface area contributed by atoms with Crippen LogP contribution in [0, 0.1) is 0 Å². The molecule has 0 saturated carbocycles. The SMILES string of the molecule is CC(=O)NC1CCN(CC(O)COC(C)C)CC1. The van der Waals surface area contributed by atoms with Gasteiger partial charge in [0.15, 0.2) is 0 Å². The van der Waals surface area contributed by atoms with Crippen LogP contribution in [-0.4, -0.2) is 60.4 Å². The van der Waals surface area contributed by atoms with Crippen LogP contribution in [0.2, 0.25) is 0 Å².